The van der Waals surface area contributed by atoms with E-state index in [4.69, 9.17) is 9.88 Å². The van der Waals surface area contributed by atoms with Crippen LogP contribution in [0.15, 0.2) is 71.2 Å². The minimum absolute atomic E-state index is 0.204. The van der Waals surface area contributed by atoms with Gasteiger partial charge in [0.05, 0.1) is 5.75 Å². The molecule has 1 aliphatic rings. The SMILES string of the molecule is NS(=O)(=O)Cc1ccc2c(c1)C(c1ccccc1)Oc1cccc(Br)c1-2. The highest BCUT2D eigenvalue weighted by Gasteiger charge is 2.29. The molecule has 0 fully saturated rings. The largest absolute Gasteiger partial charge is 0.480 e. The Kier molecular flexibility index (Phi) is 4.34. The van der Waals surface area contributed by atoms with E-state index >= 15 is 0 Å². The molecule has 0 spiro atoms. The molecular weight excluding hydrogens is 414 g/mol. The summed E-state index contributed by atoms with van der Waals surface area (Å²) in [6, 6.07) is 21.3. The number of primary sulfonamides is 1. The van der Waals surface area contributed by atoms with Crippen molar-refractivity contribution in [3.8, 4) is 16.9 Å². The van der Waals surface area contributed by atoms with Crippen LogP contribution in [0.1, 0.15) is 22.8 Å². The molecule has 1 unspecified atom stereocenters. The van der Waals surface area contributed by atoms with Crippen molar-refractivity contribution in [2.75, 3.05) is 0 Å². The van der Waals surface area contributed by atoms with Crippen LogP contribution in [0.3, 0.4) is 0 Å². The fourth-order valence-electron chi connectivity index (χ4n) is 3.31. The van der Waals surface area contributed by atoms with Crippen molar-refractivity contribution in [1.82, 2.24) is 0 Å². The molecule has 0 bridgehead atoms. The van der Waals surface area contributed by atoms with Crippen LogP contribution >= 0.6 is 15.9 Å². The fourth-order valence-corrected chi connectivity index (χ4v) is 4.51. The molecule has 3 aromatic rings. The Morgan fingerprint density at radius 2 is 1.77 bits per heavy atom. The van der Waals surface area contributed by atoms with E-state index in [0.717, 1.165) is 32.5 Å². The monoisotopic (exact) mass is 429 g/mol. The highest BCUT2D eigenvalue weighted by atomic mass is 79.9. The number of halogens is 1. The Hall–Kier alpha value is -2.15. The van der Waals surface area contributed by atoms with E-state index in [-0.39, 0.29) is 11.9 Å². The normalized spacial score (nSPS) is 15.7. The molecule has 4 nitrogen and oxygen atoms in total. The molecule has 132 valence electrons. The van der Waals surface area contributed by atoms with E-state index in [2.05, 4.69) is 15.9 Å². The number of nitrogens with two attached hydrogens (primary N) is 1. The molecule has 26 heavy (non-hydrogen) atoms. The standard InChI is InChI=1S/C20H16BrNO3S/c21-17-7-4-8-18-19(17)15-10-9-13(12-26(22,23)24)11-16(15)20(25-18)14-5-2-1-3-6-14/h1-11,20H,12H2,(H2,22,23,24). The molecule has 0 radical (unpaired) electrons. The summed E-state index contributed by atoms with van der Waals surface area (Å²) in [5, 5.41) is 5.22. The molecule has 1 atom stereocenters. The van der Waals surface area contributed by atoms with Gasteiger partial charge in [0.2, 0.25) is 10.0 Å². The number of rotatable bonds is 3. The van der Waals surface area contributed by atoms with Gasteiger partial charge in [-0.2, -0.15) is 0 Å². The summed E-state index contributed by atoms with van der Waals surface area (Å²) in [4.78, 5) is 0. The second kappa shape index (κ2) is 6.54. The molecular formula is C20H16BrNO3S. The first-order valence-electron chi connectivity index (χ1n) is 8.06. The van der Waals surface area contributed by atoms with E-state index in [9.17, 15) is 8.42 Å². The first-order chi connectivity index (χ1) is 12.4. The molecule has 6 heteroatoms. The van der Waals surface area contributed by atoms with Gasteiger partial charge in [0.1, 0.15) is 11.9 Å². The molecule has 0 amide bonds. The van der Waals surface area contributed by atoms with E-state index in [0.29, 0.717) is 5.56 Å². The molecule has 0 saturated heterocycles. The number of hydrogen-bond acceptors (Lipinski definition) is 3. The molecule has 0 aliphatic carbocycles. The van der Waals surface area contributed by atoms with Crippen LogP contribution < -0.4 is 9.88 Å². The van der Waals surface area contributed by atoms with E-state index in [1.54, 1.807) is 6.07 Å². The minimum Gasteiger partial charge on any atom is -0.480 e. The smallest absolute Gasteiger partial charge is 0.213 e. The number of ether oxygens (including phenoxy) is 1. The van der Waals surface area contributed by atoms with Gasteiger partial charge in [-0.25, -0.2) is 13.6 Å². The average molecular weight is 430 g/mol. The van der Waals surface area contributed by atoms with Gasteiger partial charge in [0, 0.05) is 15.6 Å². The molecule has 1 aliphatic heterocycles. The molecule has 0 aromatic heterocycles. The fraction of sp³-hybridized carbons (Fsp3) is 0.100. The van der Waals surface area contributed by atoms with Crippen molar-refractivity contribution in [3.05, 3.63) is 87.9 Å². The lowest BCUT2D eigenvalue weighted by Crippen LogP contribution is -2.18. The number of fused-ring (bicyclic) bond motifs is 3. The first kappa shape index (κ1) is 17.3. The maximum Gasteiger partial charge on any atom is 0.213 e. The van der Waals surface area contributed by atoms with Crippen LogP contribution in [0.4, 0.5) is 0 Å². The molecule has 2 N–H and O–H groups in total. The maximum absolute atomic E-state index is 11.5. The summed E-state index contributed by atoms with van der Waals surface area (Å²) in [5.41, 5.74) is 4.57. The van der Waals surface area contributed by atoms with E-state index < -0.39 is 10.0 Å². The third-order valence-corrected chi connectivity index (χ3v) is 5.75. The maximum atomic E-state index is 11.5. The average Bonchev–Trinajstić information content (AvgIpc) is 2.60. The van der Waals surface area contributed by atoms with Gasteiger partial charge >= 0.3 is 0 Å². The third kappa shape index (κ3) is 3.28. The number of sulfonamides is 1. The van der Waals surface area contributed by atoms with Gasteiger partial charge in [-0.3, -0.25) is 0 Å². The van der Waals surface area contributed by atoms with Crippen molar-refractivity contribution in [2.45, 2.75) is 11.9 Å². The molecule has 3 aromatic carbocycles. The number of benzene rings is 3. The Labute approximate surface area is 160 Å². The van der Waals surface area contributed by atoms with Crippen molar-refractivity contribution in [1.29, 1.82) is 0 Å². The zero-order valence-electron chi connectivity index (χ0n) is 13.7. The summed E-state index contributed by atoms with van der Waals surface area (Å²) in [6.45, 7) is 0. The highest BCUT2D eigenvalue weighted by Crippen LogP contribution is 2.48. The highest BCUT2D eigenvalue weighted by molar-refractivity contribution is 9.10. The second-order valence-corrected chi connectivity index (χ2v) is 8.72. The molecule has 4 rings (SSSR count). The Balaban J connectivity index is 1.92. The predicted molar refractivity (Wildman–Crippen MR) is 105 cm³/mol. The topological polar surface area (TPSA) is 69.4 Å². The van der Waals surface area contributed by atoms with Crippen LogP contribution in [-0.2, 0) is 15.8 Å². The van der Waals surface area contributed by atoms with Crippen molar-refractivity contribution in [3.63, 3.8) is 0 Å². The summed E-state index contributed by atoms with van der Waals surface area (Å²) in [7, 11) is -3.60. The first-order valence-corrected chi connectivity index (χ1v) is 10.6. The van der Waals surface area contributed by atoms with Gasteiger partial charge in [0.15, 0.2) is 0 Å². The van der Waals surface area contributed by atoms with Crippen molar-refractivity contribution in [2.24, 2.45) is 5.14 Å². The second-order valence-electron chi connectivity index (χ2n) is 6.25. The van der Waals surface area contributed by atoms with Gasteiger partial charge in [-0.05, 0) is 28.8 Å². The van der Waals surface area contributed by atoms with Gasteiger partial charge < -0.3 is 4.74 Å². The van der Waals surface area contributed by atoms with Crippen LogP contribution in [0.2, 0.25) is 0 Å². The van der Waals surface area contributed by atoms with Gasteiger partial charge in [-0.1, -0.05) is 70.5 Å². The zero-order chi connectivity index (χ0) is 18.3. The Morgan fingerprint density at radius 1 is 1.00 bits per heavy atom. The van der Waals surface area contributed by atoms with Gasteiger partial charge in [-0.15, -0.1) is 0 Å². The summed E-state index contributed by atoms with van der Waals surface area (Å²) in [5.74, 6) is 0.588. The van der Waals surface area contributed by atoms with Crippen molar-refractivity contribution >= 4 is 26.0 Å². The van der Waals surface area contributed by atoms with Crippen LogP contribution in [0.5, 0.6) is 5.75 Å². The van der Waals surface area contributed by atoms with E-state index in [1.165, 1.54) is 0 Å². The molecule has 0 saturated carbocycles. The van der Waals surface area contributed by atoms with Gasteiger partial charge in [0.25, 0.3) is 0 Å². The third-order valence-electron chi connectivity index (χ3n) is 4.36. The quantitative estimate of drug-likeness (QED) is 0.670. The summed E-state index contributed by atoms with van der Waals surface area (Å²) in [6.07, 6.45) is -0.312. The Bertz CT molecular complexity index is 1080. The number of hydrogen-bond donors (Lipinski definition) is 1. The summed E-state index contributed by atoms with van der Waals surface area (Å²) < 4.78 is 30.3. The zero-order valence-corrected chi connectivity index (χ0v) is 16.1. The lowest BCUT2D eigenvalue weighted by Gasteiger charge is -2.30. The van der Waals surface area contributed by atoms with E-state index in [1.807, 2.05) is 60.7 Å². The minimum atomic E-state index is -3.60. The lowest BCUT2D eigenvalue weighted by atomic mass is 9.88. The Morgan fingerprint density at radius 3 is 2.50 bits per heavy atom. The van der Waals surface area contributed by atoms with Crippen LogP contribution in [-0.4, -0.2) is 8.42 Å². The van der Waals surface area contributed by atoms with Crippen LogP contribution in [0.25, 0.3) is 11.1 Å². The molecule has 1 heterocycles. The van der Waals surface area contributed by atoms with Crippen molar-refractivity contribution < 1.29 is 13.2 Å². The summed E-state index contributed by atoms with van der Waals surface area (Å²) >= 11 is 3.60. The predicted octanol–water partition coefficient (Wildman–Crippen LogP) is 4.39. The van der Waals surface area contributed by atoms with Crippen LogP contribution in [0, 0.1) is 0 Å². The lowest BCUT2D eigenvalue weighted by molar-refractivity contribution is 0.243.